The quantitative estimate of drug-likeness (QED) is 0.318. The number of halogens is 1. The first-order chi connectivity index (χ1) is 17.0. The van der Waals surface area contributed by atoms with Gasteiger partial charge in [0.05, 0.1) is 5.75 Å². The van der Waals surface area contributed by atoms with E-state index in [1.54, 1.807) is 6.07 Å². The number of amides is 2. The fraction of sp³-hybridized carbons (Fsp3) is 0.760. The van der Waals surface area contributed by atoms with Crippen molar-refractivity contribution in [1.82, 2.24) is 25.1 Å². The van der Waals surface area contributed by atoms with E-state index in [-0.39, 0.29) is 23.6 Å². The minimum absolute atomic E-state index is 0.0133. The molecule has 8 nitrogen and oxygen atoms in total. The predicted molar refractivity (Wildman–Crippen MR) is 141 cm³/mol. The Hall–Kier alpha value is -1.58. The fourth-order valence-corrected chi connectivity index (χ4v) is 6.32. The third-order valence-corrected chi connectivity index (χ3v) is 8.42. The molecule has 3 fully saturated rings. The van der Waals surface area contributed by atoms with E-state index >= 15 is 0 Å². The van der Waals surface area contributed by atoms with E-state index < -0.39 is 0 Å². The summed E-state index contributed by atoms with van der Waals surface area (Å²) in [6.07, 6.45) is 9.46. The van der Waals surface area contributed by atoms with Crippen LogP contribution in [0.2, 0.25) is 5.15 Å². The van der Waals surface area contributed by atoms with Crippen LogP contribution in [0.3, 0.4) is 0 Å². The smallest absolute Gasteiger partial charge is 0.230 e. The number of carbonyl (C=O) groups is 2. The van der Waals surface area contributed by atoms with Gasteiger partial charge in [0.25, 0.3) is 0 Å². The highest BCUT2D eigenvalue weighted by Crippen LogP contribution is 2.28. The minimum Gasteiger partial charge on any atom is -0.354 e. The minimum atomic E-state index is -0.0133. The summed E-state index contributed by atoms with van der Waals surface area (Å²) in [6, 6.07) is 1.89. The molecule has 0 spiro atoms. The van der Waals surface area contributed by atoms with Gasteiger partial charge in [0.1, 0.15) is 11.0 Å². The molecule has 3 aliphatic rings. The first-order valence-corrected chi connectivity index (χ1v) is 14.6. The number of nitrogens with one attached hydrogen (secondary N) is 1. The van der Waals surface area contributed by atoms with E-state index in [4.69, 9.17) is 11.6 Å². The molecule has 1 saturated carbocycles. The molecule has 1 aromatic rings. The molecule has 1 aromatic heterocycles. The topological polar surface area (TPSA) is 81.7 Å². The van der Waals surface area contributed by atoms with Crippen LogP contribution in [0.5, 0.6) is 0 Å². The number of likely N-dealkylation sites (tertiary alicyclic amines) is 1. The van der Waals surface area contributed by atoms with E-state index in [9.17, 15) is 9.59 Å². The summed E-state index contributed by atoms with van der Waals surface area (Å²) < 4.78 is 0. The van der Waals surface area contributed by atoms with Crippen LogP contribution in [-0.4, -0.2) is 89.2 Å². The van der Waals surface area contributed by atoms with Gasteiger partial charge in [-0.15, -0.1) is 0 Å². The maximum absolute atomic E-state index is 13.0. The molecule has 1 N–H and O–H groups in total. The molecule has 0 aromatic carbocycles. The Morgan fingerprint density at radius 1 is 1.06 bits per heavy atom. The average molecular weight is 523 g/mol. The number of aromatic nitrogens is 2. The molecule has 3 heterocycles. The van der Waals surface area contributed by atoms with Crippen molar-refractivity contribution in [3.05, 3.63) is 11.2 Å². The van der Waals surface area contributed by atoms with Gasteiger partial charge in [-0.25, -0.2) is 9.97 Å². The van der Waals surface area contributed by atoms with Crippen molar-refractivity contribution in [3.63, 3.8) is 0 Å². The third-order valence-electron chi connectivity index (χ3n) is 7.38. The summed E-state index contributed by atoms with van der Waals surface area (Å²) in [4.78, 5) is 41.0. The van der Waals surface area contributed by atoms with Crippen molar-refractivity contribution in [3.8, 4) is 0 Å². The van der Waals surface area contributed by atoms with Gasteiger partial charge in [0.15, 0.2) is 5.16 Å². The lowest BCUT2D eigenvalue weighted by Crippen LogP contribution is -2.55. The molecule has 2 aliphatic heterocycles. The number of nitrogens with zero attached hydrogens (tertiary/aromatic N) is 5. The van der Waals surface area contributed by atoms with E-state index in [0.29, 0.717) is 35.9 Å². The summed E-state index contributed by atoms with van der Waals surface area (Å²) in [7, 11) is 0. The Kier molecular flexibility index (Phi) is 9.92. The number of piperidine rings is 1. The van der Waals surface area contributed by atoms with Crippen LogP contribution in [0.4, 0.5) is 5.82 Å². The summed E-state index contributed by atoms with van der Waals surface area (Å²) in [6.45, 7) is 8.07. The molecule has 10 heteroatoms. The van der Waals surface area contributed by atoms with E-state index in [1.807, 2.05) is 0 Å². The molecule has 1 aliphatic carbocycles. The molecule has 0 bridgehead atoms. The molecular weight excluding hydrogens is 484 g/mol. The number of hydrogen-bond donors (Lipinski definition) is 1. The zero-order valence-electron chi connectivity index (χ0n) is 20.9. The van der Waals surface area contributed by atoms with Crippen LogP contribution in [0, 0.1) is 5.92 Å². The van der Waals surface area contributed by atoms with Crippen molar-refractivity contribution in [2.24, 2.45) is 5.92 Å². The van der Waals surface area contributed by atoms with Crippen molar-refractivity contribution in [1.29, 1.82) is 0 Å². The second-order valence-electron chi connectivity index (χ2n) is 10.0. The summed E-state index contributed by atoms with van der Waals surface area (Å²) >= 11 is 7.62. The van der Waals surface area contributed by atoms with E-state index in [2.05, 4.69) is 36.9 Å². The standard InChI is InChI=1S/C25H39ClN6O2S/c1-19-17-31(14-15-32(19)24(34)20-8-4-2-5-9-20)22-16-21(26)28-25(29-22)35-18-23(33)27-10-13-30-11-6-3-7-12-30/h16,19-20H,2-15,17-18H2,1H3,(H,27,33). The normalized spacial score (nSPS) is 22.3. The lowest BCUT2D eigenvalue weighted by Gasteiger charge is -2.42. The van der Waals surface area contributed by atoms with E-state index in [1.165, 1.54) is 50.3 Å². The Balaban J connectivity index is 1.25. The fourth-order valence-electron chi connectivity index (χ4n) is 5.41. The number of piperazine rings is 1. The molecule has 0 radical (unpaired) electrons. The maximum Gasteiger partial charge on any atom is 0.230 e. The Labute approximate surface area is 218 Å². The van der Waals surface area contributed by atoms with Crippen LogP contribution < -0.4 is 10.2 Å². The Bertz CT molecular complexity index is 862. The van der Waals surface area contributed by atoms with Crippen LogP contribution in [-0.2, 0) is 9.59 Å². The first kappa shape index (κ1) is 26.5. The lowest BCUT2D eigenvalue weighted by molar-refractivity contribution is -0.139. The number of anilines is 1. The zero-order chi connectivity index (χ0) is 24.6. The van der Waals surface area contributed by atoms with Crippen molar-refractivity contribution in [2.45, 2.75) is 69.5 Å². The molecular formula is C25H39ClN6O2S. The van der Waals surface area contributed by atoms with Gasteiger partial charge in [-0.3, -0.25) is 9.59 Å². The highest BCUT2D eigenvalue weighted by Gasteiger charge is 2.33. The summed E-state index contributed by atoms with van der Waals surface area (Å²) in [5.41, 5.74) is 0. The second-order valence-corrected chi connectivity index (χ2v) is 11.4. The predicted octanol–water partition coefficient (Wildman–Crippen LogP) is 3.44. The van der Waals surface area contributed by atoms with Gasteiger partial charge >= 0.3 is 0 Å². The van der Waals surface area contributed by atoms with Crippen LogP contribution in [0.25, 0.3) is 0 Å². The first-order valence-electron chi connectivity index (χ1n) is 13.2. The second kappa shape index (κ2) is 13.1. The number of thioether (sulfide) groups is 1. The van der Waals surface area contributed by atoms with Gasteiger partial charge in [-0.2, -0.15) is 0 Å². The average Bonchev–Trinajstić information content (AvgIpc) is 2.88. The number of carbonyl (C=O) groups excluding carboxylic acids is 2. The van der Waals surface area contributed by atoms with Crippen molar-refractivity contribution in [2.75, 3.05) is 56.5 Å². The molecule has 4 rings (SSSR count). The maximum atomic E-state index is 13.0. The highest BCUT2D eigenvalue weighted by atomic mass is 35.5. The zero-order valence-corrected chi connectivity index (χ0v) is 22.5. The van der Waals surface area contributed by atoms with Crippen LogP contribution in [0.15, 0.2) is 11.2 Å². The molecule has 1 unspecified atom stereocenters. The Morgan fingerprint density at radius 2 is 1.80 bits per heavy atom. The van der Waals surface area contributed by atoms with E-state index in [0.717, 1.165) is 44.8 Å². The van der Waals surface area contributed by atoms with Gasteiger partial charge in [-0.05, 0) is 45.7 Å². The lowest BCUT2D eigenvalue weighted by atomic mass is 9.88. The molecule has 2 amide bonds. The van der Waals surface area contributed by atoms with Gasteiger partial charge < -0.3 is 20.0 Å². The summed E-state index contributed by atoms with van der Waals surface area (Å²) in [5, 5.41) is 3.88. The largest absolute Gasteiger partial charge is 0.354 e. The van der Waals surface area contributed by atoms with Crippen molar-refractivity contribution < 1.29 is 9.59 Å². The summed E-state index contributed by atoms with van der Waals surface area (Å²) in [5.74, 6) is 1.52. The van der Waals surface area contributed by atoms with Crippen molar-refractivity contribution >= 4 is 41.0 Å². The van der Waals surface area contributed by atoms with Gasteiger partial charge in [-0.1, -0.05) is 49.0 Å². The molecule has 2 saturated heterocycles. The van der Waals surface area contributed by atoms with Gasteiger partial charge in [0, 0.05) is 50.7 Å². The monoisotopic (exact) mass is 522 g/mol. The highest BCUT2D eigenvalue weighted by molar-refractivity contribution is 7.99. The SMILES string of the molecule is CC1CN(c2cc(Cl)nc(SCC(=O)NCCN3CCCCC3)n2)CCN1C(=O)C1CCCCC1. The number of rotatable bonds is 8. The van der Waals surface area contributed by atoms with Crippen LogP contribution in [0.1, 0.15) is 58.3 Å². The molecule has 35 heavy (non-hydrogen) atoms. The van der Waals surface area contributed by atoms with Gasteiger partial charge in [0.2, 0.25) is 11.8 Å². The Morgan fingerprint density at radius 3 is 2.54 bits per heavy atom. The van der Waals surface area contributed by atoms with Crippen LogP contribution >= 0.6 is 23.4 Å². The third kappa shape index (κ3) is 7.70. The molecule has 1 atom stereocenters. The number of hydrogen-bond acceptors (Lipinski definition) is 7. The molecule has 194 valence electrons.